The highest BCUT2D eigenvalue weighted by molar-refractivity contribution is 5.95. The van der Waals surface area contributed by atoms with E-state index in [1.807, 2.05) is 82.4 Å². The molecule has 0 saturated heterocycles. The minimum atomic E-state index is -0.337. The van der Waals surface area contributed by atoms with E-state index >= 15 is 0 Å². The van der Waals surface area contributed by atoms with Gasteiger partial charge in [-0.1, -0.05) is 42.5 Å². The number of quaternary nitrogens is 1. The second kappa shape index (κ2) is 8.23. The molecule has 1 heterocycles. The molecule has 0 spiro atoms. The number of nitrogens with one attached hydrogen (secondary N) is 2. The minimum Gasteiger partial charge on any atom is -0.460 e. The molecule has 1 amide bonds. The lowest BCUT2D eigenvalue weighted by Crippen LogP contribution is -3.09. The van der Waals surface area contributed by atoms with Crippen LogP contribution in [-0.2, 0) is 11.3 Å². The number of rotatable bonds is 6. The highest BCUT2D eigenvalue weighted by atomic mass is 16.3. The summed E-state index contributed by atoms with van der Waals surface area (Å²) in [5.41, 5.74) is 4.03. The molecule has 0 aliphatic rings. The van der Waals surface area contributed by atoms with Crippen molar-refractivity contribution in [3.05, 3.63) is 88.9 Å². The first kappa shape index (κ1) is 18.9. The topological polar surface area (TPSA) is 46.7 Å². The van der Waals surface area contributed by atoms with Gasteiger partial charge < -0.3 is 14.6 Å². The Labute approximate surface area is 160 Å². The van der Waals surface area contributed by atoms with Crippen molar-refractivity contribution in [2.45, 2.75) is 33.4 Å². The lowest BCUT2D eigenvalue weighted by Gasteiger charge is -2.24. The van der Waals surface area contributed by atoms with E-state index in [1.54, 1.807) is 0 Å². The van der Waals surface area contributed by atoms with Gasteiger partial charge in [0.1, 0.15) is 12.3 Å². The summed E-state index contributed by atoms with van der Waals surface area (Å²) in [5.74, 6) is 1.75. The van der Waals surface area contributed by atoms with Gasteiger partial charge in [-0.25, -0.2) is 0 Å². The van der Waals surface area contributed by atoms with Crippen LogP contribution in [0.2, 0.25) is 0 Å². The van der Waals surface area contributed by atoms with Crippen LogP contribution in [0, 0.1) is 20.8 Å². The van der Waals surface area contributed by atoms with Crippen molar-refractivity contribution in [2.75, 3.05) is 12.4 Å². The summed E-state index contributed by atoms with van der Waals surface area (Å²) < 4.78 is 5.72. The quantitative estimate of drug-likeness (QED) is 0.703. The van der Waals surface area contributed by atoms with Crippen molar-refractivity contribution in [3.63, 3.8) is 0 Å². The molecule has 1 aromatic heterocycles. The van der Waals surface area contributed by atoms with Gasteiger partial charge in [0.15, 0.2) is 11.8 Å². The number of carbonyl (C=O) groups is 1. The summed E-state index contributed by atoms with van der Waals surface area (Å²) in [6.45, 7) is 6.60. The van der Waals surface area contributed by atoms with Crippen LogP contribution in [0.4, 0.5) is 5.69 Å². The predicted octanol–water partition coefficient (Wildman–Crippen LogP) is 3.60. The SMILES string of the molecule is Cc1ccc(C)c(NC(=O)[C@@H](c2ccccc2)[NH+](C)Cc2ccc(C)o2)c1. The number of carbonyl (C=O) groups excluding carboxylic acids is 1. The van der Waals surface area contributed by atoms with Crippen molar-refractivity contribution in [1.82, 2.24) is 0 Å². The monoisotopic (exact) mass is 363 g/mol. The average Bonchev–Trinajstić information content (AvgIpc) is 3.04. The molecule has 4 nitrogen and oxygen atoms in total. The standard InChI is InChI=1S/C23H26N2O2/c1-16-10-11-17(2)21(14-16)24-23(26)22(19-8-6-5-7-9-19)25(4)15-20-13-12-18(3)27-20/h5-14,22H,15H2,1-4H3,(H,24,26)/p+1/t22-/m1/s1. The first-order chi connectivity index (χ1) is 12.9. The van der Waals surface area contributed by atoms with E-state index in [-0.39, 0.29) is 11.9 Å². The van der Waals surface area contributed by atoms with E-state index in [2.05, 4.69) is 11.4 Å². The molecule has 2 atom stereocenters. The number of likely N-dealkylation sites (N-methyl/N-ethyl adjacent to an activating group) is 1. The number of furan rings is 1. The Hall–Kier alpha value is -2.85. The predicted molar refractivity (Wildman–Crippen MR) is 108 cm³/mol. The Bertz CT molecular complexity index is 915. The van der Waals surface area contributed by atoms with E-state index in [0.29, 0.717) is 6.54 Å². The van der Waals surface area contributed by atoms with Crippen molar-refractivity contribution < 1.29 is 14.1 Å². The van der Waals surface area contributed by atoms with Gasteiger partial charge in [0.2, 0.25) is 0 Å². The molecule has 2 aromatic carbocycles. The molecule has 0 bridgehead atoms. The first-order valence-corrected chi connectivity index (χ1v) is 9.24. The Morgan fingerprint density at radius 3 is 2.44 bits per heavy atom. The number of hydrogen-bond acceptors (Lipinski definition) is 2. The van der Waals surface area contributed by atoms with E-state index in [0.717, 1.165) is 38.8 Å². The zero-order valence-corrected chi connectivity index (χ0v) is 16.4. The fourth-order valence-corrected chi connectivity index (χ4v) is 3.34. The lowest BCUT2D eigenvalue weighted by molar-refractivity contribution is -0.916. The highest BCUT2D eigenvalue weighted by Crippen LogP contribution is 2.19. The van der Waals surface area contributed by atoms with Gasteiger partial charge in [0.25, 0.3) is 5.91 Å². The third-order valence-corrected chi connectivity index (χ3v) is 4.79. The van der Waals surface area contributed by atoms with Crippen LogP contribution < -0.4 is 10.2 Å². The molecular weight excluding hydrogens is 336 g/mol. The Morgan fingerprint density at radius 1 is 1.04 bits per heavy atom. The third kappa shape index (κ3) is 4.66. The zero-order valence-electron chi connectivity index (χ0n) is 16.4. The van der Waals surface area contributed by atoms with E-state index in [1.165, 1.54) is 0 Å². The van der Waals surface area contributed by atoms with Gasteiger partial charge in [-0.05, 0) is 50.1 Å². The summed E-state index contributed by atoms with van der Waals surface area (Å²) in [6.07, 6.45) is 0. The van der Waals surface area contributed by atoms with Gasteiger partial charge in [-0.3, -0.25) is 4.79 Å². The lowest BCUT2D eigenvalue weighted by atomic mass is 10.0. The zero-order chi connectivity index (χ0) is 19.4. The molecule has 0 radical (unpaired) electrons. The average molecular weight is 363 g/mol. The van der Waals surface area contributed by atoms with Crippen molar-refractivity contribution >= 4 is 11.6 Å². The fraction of sp³-hybridized carbons (Fsp3) is 0.261. The minimum absolute atomic E-state index is 0.0179. The van der Waals surface area contributed by atoms with Gasteiger partial charge in [0.05, 0.1) is 7.05 Å². The van der Waals surface area contributed by atoms with Crippen LogP contribution in [0.3, 0.4) is 0 Å². The molecule has 4 heteroatoms. The summed E-state index contributed by atoms with van der Waals surface area (Å²) in [4.78, 5) is 14.3. The fourth-order valence-electron chi connectivity index (χ4n) is 3.34. The molecule has 1 unspecified atom stereocenters. The maximum atomic E-state index is 13.3. The molecule has 27 heavy (non-hydrogen) atoms. The van der Waals surface area contributed by atoms with Crippen LogP contribution in [0.15, 0.2) is 65.1 Å². The Kier molecular flexibility index (Phi) is 5.77. The Balaban J connectivity index is 1.87. The summed E-state index contributed by atoms with van der Waals surface area (Å²) in [6, 6.07) is 19.6. The van der Waals surface area contributed by atoms with Gasteiger partial charge >= 0.3 is 0 Å². The Morgan fingerprint density at radius 2 is 1.78 bits per heavy atom. The van der Waals surface area contributed by atoms with Crippen molar-refractivity contribution in [2.24, 2.45) is 0 Å². The largest absolute Gasteiger partial charge is 0.460 e. The molecular formula is C23H27N2O2+. The van der Waals surface area contributed by atoms with Crippen molar-refractivity contribution in [3.8, 4) is 0 Å². The van der Waals surface area contributed by atoms with E-state index in [4.69, 9.17) is 4.42 Å². The van der Waals surface area contributed by atoms with Crippen LogP contribution in [-0.4, -0.2) is 13.0 Å². The van der Waals surface area contributed by atoms with Gasteiger partial charge in [0, 0.05) is 11.3 Å². The molecule has 0 saturated carbocycles. The number of hydrogen-bond donors (Lipinski definition) is 2. The van der Waals surface area contributed by atoms with Crippen LogP contribution in [0.25, 0.3) is 0 Å². The molecule has 0 fully saturated rings. The molecule has 2 N–H and O–H groups in total. The second-order valence-electron chi connectivity index (χ2n) is 7.19. The normalized spacial score (nSPS) is 13.2. The number of aryl methyl sites for hydroxylation is 3. The number of benzene rings is 2. The summed E-state index contributed by atoms with van der Waals surface area (Å²) in [5, 5.41) is 3.13. The molecule has 140 valence electrons. The number of amides is 1. The summed E-state index contributed by atoms with van der Waals surface area (Å²) in [7, 11) is 2.03. The third-order valence-electron chi connectivity index (χ3n) is 4.79. The molecule has 0 aliphatic carbocycles. The van der Waals surface area contributed by atoms with Gasteiger partial charge in [-0.15, -0.1) is 0 Å². The van der Waals surface area contributed by atoms with Crippen LogP contribution >= 0.6 is 0 Å². The van der Waals surface area contributed by atoms with Crippen molar-refractivity contribution in [1.29, 1.82) is 0 Å². The first-order valence-electron chi connectivity index (χ1n) is 9.24. The molecule has 3 rings (SSSR count). The van der Waals surface area contributed by atoms with Crippen LogP contribution in [0.1, 0.15) is 34.3 Å². The number of anilines is 1. The maximum Gasteiger partial charge on any atom is 0.287 e. The van der Waals surface area contributed by atoms with E-state index < -0.39 is 0 Å². The summed E-state index contributed by atoms with van der Waals surface area (Å²) >= 11 is 0. The maximum absolute atomic E-state index is 13.3. The van der Waals surface area contributed by atoms with E-state index in [9.17, 15) is 4.79 Å². The molecule has 0 aliphatic heterocycles. The highest BCUT2D eigenvalue weighted by Gasteiger charge is 2.30. The van der Waals surface area contributed by atoms with Crippen LogP contribution in [0.5, 0.6) is 0 Å². The smallest absolute Gasteiger partial charge is 0.287 e. The second-order valence-corrected chi connectivity index (χ2v) is 7.19. The molecule has 3 aromatic rings. The van der Waals surface area contributed by atoms with Gasteiger partial charge in [-0.2, -0.15) is 0 Å².